The lowest BCUT2D eigenvalue weighted by atomic mass is 9.56. The summed E-state index contributed by atoms with van der Waals surface area (Å²) in [6.45, 7) is 3.40. The smallest absolute Gasteiger partial charge is 0.364 e. The Morgan fingerprint density at radius 1 is 1.04 bits per heavy atom. The van der Waals surface area contributed by atoms with E-state index in [4.69, 9.17) is 14.3 Å². The monoisotopic (exact) mass is 359 g/mol. The van der Waals surface area contributed by atoms with Gasteiger partial charge in [-0.05, 0) is 26.0 Å². The van der Waals surface area contributed by atoms with Crippen molar-refractivity contribution in [1.82, 2.24) is 5.06 Å². The number of methoxy groups -OCH3 is 1. The first-order valence-corrected chi connectivity index (χ1v) is 8.16. The standard InChI is InChI=1S/C18H17NO7/c1-16(2)17(14(22)24-3)8-18(9-17,26-16)15(23)25-19-12(20)10-6-4-5-7-11(10)13(19)21/h4-7H,8-9H2,1-3H3. The Bertz CT molecular complexity index is 831. The first-order valence-electron chi connectivity index (χ1n) is 8.16. The summed E-state index contributed by atoms with van der Waals surface area (Å²) in [7, 11) is 1.28. The molecule has 0 spiro atoms. The van der Waals surface area contributed by atoms with Crippen molar-refractivity contribution in [2.24, 2.45) is 5.41 Å². The van der Waals surface area contributed by atoms with Crippen LogP contribution in [-0.4, -0.2) is 47.1 Å². The van der Waals surface area contributed by atoms with Crippen LogP contribution in [0.1, 0.15) is 47.4 Å². The fourth-order valence-corrected chi connectivity index (χ4v) is 4.19. The van der Waals surface area contributed by atoms with Crippen LogP contribution < -0.4 is 0 Å². The zero-order valence-corrected chi connectivity index (χ0v) is 14.5. The minimum atomic E-state index is -1.37. The molecule has 8 heteroatoms. The van der Waals surface area contributed by atoms with Crippen LogP contribution in [0.5, 0.6) is 0 Å². The summed E-state index contributed by atoms with van der Waals surface area (Å²) in [5.41, 5.74) is -2.89. The highest BCUT2D eigenvalue weighted by molar-refractivity contribution is 6.21. The SMILES string of the molecule is COC(=O)C12CC(C(=O)ON3C(=O)c4ccccc4C3=O)(C1)OC2(C)C. The average molecular weight is 359 g/mol. The van der Waals surface area contributed by atoms with Crippen LogP contribution in [0.25, 0.3) is 0 Å². The molecule has 0 N–H and O–H groups in total. The molecule has 0 unspecified atom stereocenters. The second kappa shape index (κ2) is 4.91. The van der Waals surface area contributed by atoms with Crippen molar-refractivity contribution < 1.29 is 33.5 Å². The molecule has 8 nitrogen and oxygen atoms in total. The summed E-state index contributed by atoms with van der Waals surface area (Å²) in [4.78, 5) is 54.7. The van der Waals surface area contributed by atoms with E-state index in [1.54, 1.807) is 26.0 Å². The molecule has 136 valence electrons. The number of carbonyl (C=O) groups is 4. The van der Waals surface area contributed by atoms with Gasteiger partial charge < -0.3 is 14.3 Å². The van der Waals surface area contributed by atoms with E-state index in [1.807, 2.05) is 0 Å². The predicted octanol–water partition coefficient (Wildman–Crippen LogP) is 1.24. The number of hydrogen-bond donors (Lipinski definition) is 0. The Balaban J connectivity index is 1.56. The molecule has 1 aromatic carbocycles. The molecular weight excluding hydrogens is 342 g/mol. The molecule has 26 heavy (non-hydrogen) atoms. The molecule has 3 fully saturated rings. The second-order valence-electron chi connectivity index (χ2n) is 7.36. The van der Waals surface area contributed by atoms with E-state index in [1.165, 1.54) is 19.2 Å². The Hall–Kier alpha value is -2.74. The van der Waals surface area contributed by atoms with E-state index in [2.05, 4.69) is 0 Å². The third-order valence-electron chi connectivity index (χ3n) is 5.66. The van der Waals surface area contributed by atoms with Gasteiger partial charge in [-0.25, -0.2) is 4.79 Å². The van der Waals surface area contributed by atoms with Crippen LogP contribution in [-0.2, 0) is 23.9 Å². The number of hydroxylamine groups is 2. The number of amides is 2. The maximum absolute atomic E-state index is 12.7. The lowest BCUT2D eigenvalue weighted by Gasteiger charge is -2.42. The number of fused-ring (bicyclic) bond motifs is 2. The molecule has 2 bridgehead atoms. The molecule has 4 aliphatic rings. The molecule has 2 saturated heterocycles. The van der Waals surface area contributed by atoms with E-state index in [0.717, 1.165) is 0 Å². The van der Waals surface area contributed by atoms with Crippen molar-refractivity contribution in [3.8, 4) is 0 Å². The van der Waals surface area contributed by atoms with Gasteiger partial charge >= 0.3 is 11.9 Å². The minimum absolute atomic E-state index is 0.0850. The molecular formula is C18H17NO7. The summed E-state index contributed by atoms with van der Waals surface area (Å²) in [5.74, 6) is -2.72. The number of benzene rings is 1. The average Bonchev–Trinajstić information content (AvgIpc) is 3.08. The number of carbonyl (C=O) groups excluding carboxylic acids is 4. The first-order chi connectivity index (χ1) is 12.2. The lowest BCUT2D eigenvalue weighted by Crippen LogP contribution is -2.57. The zero-order chi connectivity index (χ0) is 18.9. The van der Waals surface area contributed by atoms with Gasteiger partial charge in [0.05, 0.1) is 23.8 Å². The molecule has 0 aromatic heterocycles. The van der Waals surface area contributed by atoms with E-state index in [9.17, 15) is 19.2 Å². The number of imide groups is 1. The lowest BCUT2D eigenvalue weighted by molar-refractivity contribution is -0.199. The fourth-order valence-electron chi connectivity index (χ4n) is 4.19. The molecule has 1 aliphatic carbocycles. The highest BCUT2D eigenvalue weighted by atomic mass is 16.7. The summed E-state index contributed by atoms with van der Waals surface area (Å²) in [6.07, 6.45) is 0.170. The van der Waals surface area contributed by atoms with Crippen LogP contribution >= 0.6 is 0 Å². The maximum atomic E-state index is 12.7. The minimum Gasteiger partial charge on any atom is -0.469 e. The van der Waals surface area contributed by atoms with E-state index in [0.29, 0.717) is 5.06 Å². The maximum Gasteiger partial charge on any atom is 0.364 e. The molecule has 1 aromatic rings. The highest BCUT2D eigenvalue weighted by Crippen LogP contribution is 2.67. The molecule has 5 rings (SSSR count). The summed E-state index contributed by atoms with van der Waals surface area (Å²) in [6, 6.07) is 6.21. The largest absolute Gasteiger partial charge is 0.469 e. The Morgan fingerprint density at radius 2 is 1.58 bits per heavy atom. The second-order valence-corrected chi connectivity index (χ2v) is 7.36. The molecule has 0 atom stereocenters. The Labute approximate surface area is 148 Å². The van der Waals surface area contributed by atoms with E-state index < -0.39 is 40.4 Å². The number of nitrogens with zero attached hydrogens (tertiary/aromatic N) is 1. The third-order valence-corrected chi connectivity index (χ3v) is 5.66. The van der Waals surface area contributed by atoms with Crippen LogP contribution in [0.15, 0.2) is 24.3 Å². The van der Waals surface area contributed by atoms with Crippen molar-refractivity contribution in [3.63, 3.8) is 0 Å². The Morgan fingerprint density at radius 3 is 2.08 bits per heavy atom. The zero-order valence-electron chi connectivity index (χ0n) is 14.5. The van der Waals surface area contributed by atoms with E-state index in [-0.39, 0.29) is 24.0 Å². The first kappa shape index (κ1) is 16.7. The Kier molecular flexibility index (Phi) is 3.16. The third kappa shape index (κ3) is 1.82. The predicted molar refractivity (Wildman–Crippen MR) is 84.6 cm³/mol. The summed E-state index contributed by atoms with van der Waals surface area (Å²) >= 11 is 0. The molecule has 3 heterocycles. The number of ether oxygens (including phenoxy) is 2. The molecule has 1 saturated carbocycles. The van der Waals surface area contributed by atoms with Gasteiger partial charge in [-0.1, -0.05) is 17.2 Å². The topological polar surface area (TPSA) is 99.2 Å². The highest BCUT2D eigenvalue weighted by Gasteiger charge is 2.79. The van der Waals surface area contributed by atoms with Crippen molar-refractivity contribution in [2.45, 2.75) is 37.9 Å². The van der Waals surface area contributed by atoms with Gasteiger partial charge in [-0.3, -0.25) is 14.4 Å². The fraction of sp³-hybridized carbons (Fsp3) is 0.444. The summed E-state index contributed by atoms with van der Waals surface area (Å²) in [5, 5.41) is 0.453. The quantitative estimate of drug-likeness (QED) is 0.591. The van der Waals surface area contributed by atoms with Gasteiger partial charge in [0.25, 0.3) is 11.8 Å². The van der Waals surface area contributed by atoms with Gasteiger partial charge in [0, 0.05) is 12.8 Å². The number of hydrogen-bond acceptors (Lipinski definition) is 7. The van der Waals surface area contributed by atoms with Crippen LogP contribution in [0, 0.1) is 5.41 Å². The van der Waals surface area contributed by atoms with E-state index >= 15 is 0 Å². The van der Waals surface area contributed by atoms with Gasteiger partial charge in [0.2, 0.25) is 0 Å². The summed E-state index contributed by atoms with van der Waals surface area (Å²) < 4.78 is 10.7. The van der Waals surface area contributed by atoms with Gasteiger partial charge in [0.1, 0.15) is 5.41 Å². The van der Waals surface area contributed by atoms with Gasteiger partial charge in [-0.15, -0.1) is 0 Å². The molecule has 3 aliphatic heterocycles. The molecule has 2 amide bonds. The van der Waals surface area contributed by atoms with Gasteiger partial charge in [0.15, 0.2) is 5.60 Å². The van der Waals surface area contributed by atoms with Crippen molar-refractivity contribution in [1.29, 1.82) is 0 Å². The van der Waals surface area contributed by atoms with Gasteiger partial charge in [-0.2, -0.15) is 0 Å². The number of esters is 1. The van der Waals surface area contributed by atoms with Crippen molar-refractivity contribution in [3.05, 3.63) is 35.4 Å². The number of rotatable bonds is 3. The van der Waals surface area contributed by atoms with Crippen LogP contribution in [0.2, 0.25) is 0 Å². The normalized spacial score (nSPS) is 30.7. The van der Waals surface area contributed by atoms with Crippen LogP contribution in [0.4, 0.5) is 0 Å². The van der Waals surface area contributed by atoms with Crippen LogP contribution in [0.3, 0.4) is 0 Å². The van der Waals surface area contributed by atoms with Crippen molar-refractivity contribution in [2.75, 3.05) is 7.11 Å². The van der Waals surface area contributed by atoms with Crippen molar-refractivity contribution >= 4 is 23.8 Å². The molecule has 0 radical (unpaired) electrons.